The molecule has 1 atom stereocenters. The van der Waals surface area contributed by atoms with Crippen LogP contribution >= 0.6 is 12.2 Å². The number of amides is 3. The maximum Gasteiger partial charge on any atom is 0.322 e. The van der Waals surface area contributed by atoms with Gasteiger partial charge in [0.15, 0.2) is 10.7 Å². The van der Waals surface area contributed by atoms with Crippen molar-refractivity contribution in [3.05, 3.63) is 0 Å². The summed E-state index contributed by atoms with van der Waals surface area (Å²) in [5.41, 5.74) is 6.41. The fourth-order valence-corrected chi connectivity index (χ4v) is 1.49. The summed E-state index contributed by atoms with van der Waals surface area (Å²) in [5, 5.41) is 8.38. The first-order chi connectivity index (χ1) is 7.50. The molecule has 3 amide bonds. The first-order valence-electron chi connectivity index (χ1n) is 4.73. The van der Waals surface area contributed by atoms with Crippen molar-refractivity contribution in [3.8, 4) is 0 Å². The van der Waals surface area contributed by atoms with Crippen LogP contribution in [0.3, 0.4) is 0 Å². The lowest BCUT2D eigenvalue weighted by Crippen LogP contribution is -2.49. The summed E-state index contributed by atoms with van der Waals surface area (Å²) in [5.74, 6) is -0.423. The SMILES string of the molecule is CCC[C@@]1(/C=N\NC(N)=S)NC(=O)NC1=O. The highest BCUT2D eigenvalue weighted by Gasteiger charge is 2.44. The zero-order valence-corrected chi connectivity index (χ0v) is 9.56. The number of nitrogens with one attached hydrogen (secondary N) is 3. The molecule has 7 nitrogen and oxygen atoms in total. The maximum atomic E-state index is 11.6. The largest absolute Gasteiger partial charge is 0.375 e. The first kappa shape index (κ1) is 12.4. The molecule has 0 aromatic heterocycles. The van der Waals surface area contributed by atoms with Crippen molar-refractivity contribution in [2.45, 2.75) is 25.3 Å². The van der Waals surface area contributed by atoms with Gasteiger partial charge in [0.1, 0.15) is 0 Å². The van der Waals surface area contributed by atoms with E-state index in [0.29, 0.717) is 12.8 Å². The Hall–Kier alpha value is -1.70. The fourth-order valence-electron chi connectivity index (χ4n) is 1.44. The minimum atomic E-state index is -1.11. The highest BCUT2D eigenvalue weighted by atomic mass is 32.1. The highest BCUT2D eigenvalue weighted by Crippen LogP contribution is 2.15. The van der Waals surface area contributed by atoms with E-state index in [9.17, 15) is 9.59 Å². The topological polar surface area (TPSA) is 109 Å². The summed E-state index contributed by atoms with van der Waals surface area (Å²) in [7, 11) is 0. The lowest BCUT2D eigenvalue weighted by Gasteiger charge is -2.19. The van der Waals surface area contributed by atoms with Crippen molar-refractivity contribution in [3.63, 3.8) is 0 Å². The Labute approximate surface area is 97.8 Å². The van der Waals surface area contributed by atoms with Gasteiger partial charge in [0, 0.05) is 0 Å². The number of hydrogen-bond acceptors (Lipinski definition) is 4. The van der Waals surface area contributed by atoms with Crippen LogP contribution in [-0.2, 0) is 4.79 Å². The van der Waals surface area contributed by atoms with Crippen LogP contribution in [0.5, 0.6) is 0 Å². The van der Waals surface area contributed by atoms with E-state index in [-0.39, 0.29) is 5.11 Å². The zero-order chi connectivity index (χ0) is 12.2. The van der Waals surface area contributed by atoms with Crippen LogP contribution in [0.1, 0.15) is 19.8 Å². The van der Waals surface area contributed by atoms with E-state index in [1.54, 1.807) is 0 Å². The molecule has 1 heterocycles. The third-order valence-electron chi connectivity index (χ3n) is 2.07. The molecular weight excluding hydrogens is 230 g/mol. The van der Waals surface area contributed by atoms with E-state index in [2.05, 4.69) is 33.4 Å². The lowest BCUT2D eigenvalue weighted by atomic mass is 9.96. The predicted molar refractivity (Wildman–Crippen MR) is 62.7 cm³/mol. The average Bonchev–Trinajstić information content (AvgIpc) is 2.42. The number of urea groups is 1. The third kappa shape index (κ3) is 2.66. The molecule has 88 valence electrons. The van der Waals surface area contributed by atoms with Gasteiger partial charge in [-0.05, 0) is 18.6 Å². The monoisotopic (exact) mass is 243 g/mol. The molecule has 1 aliphatic rings. The van der Waals surface area contributed by atoms with E-state index in [0.717, 1.165) is 0 Å². The summed E-state index contributed by atoms with van der Waals surface area (Å²) in [4.78, 5) is 22.7. The van der Waals surface area contributed by atoms with Crippen LogP contribution in [-0.4, -0.2) is 28.8 Å². The van der Waals surface area contributed by atoms with E-state index < -0.39 is 17.5 Å². The normalized spacial score (nSPS) is 24.3. The van der Waals surface area contributed by atoms with Gasteiger partial charge in [-0.15, -0.1) is 0 Å². The van der Waals surface area contributed by atoms with Crippen LogP contribution in [0.15, 0.2) is 5.10 Å². The van der Waals surface area contributed by atoms with E-state index >= 15 is 0 Å². The van der Waals surface area contributed by atoms with Crippen molar-refractivity contribution in [2.24, 2.45) is 10.8 Å². The number of thiocarbonyl (C=S) groups is 1. The summed E-state index contributed by atoms with van der Waals surface area (Å²) in [6.07, 6.45) is 2.47. The molecule has 16 heavy (non-hydrogen) atoms. The molecule has 8 heteroatoms. The number of imide groups is 1. The van der Waals surface area contributed by atoms with Gasteiger partial charge in [0.05, 0.1) is 6.21 Å². The molecule has 1 saturated heterocycles. The molecule has 0 saturated carbocycles. The van der Waals surface area contributed by atoms with E-state index in [1.165, 1.54) is 6.21 Å². The van der Waals surface area contributed by atoms with Gasteiger partial charge in [-0.25, -0.2) is 4.79 Å². The van der Waals surface area contributed by atoms with Crippen LogP contribution in [0.4, 0.5) is 4.79 Å². The van der Waals surface area contributed by atoms with E-state index in [1.807, 2.05) is 6.92 Å². The van der Waals surface area contributed by atoms with Gasteiger partial charge in [-0.3, -0.25) is 15.5 Å². The predicted octanol–water partition coefficient (Wildman–Crippen LogP) is -0.816. The number of hydrogen-bond donors (Lipinski definition) is 4. The summed E-state index contributed by atoms with van der Waals surface area (Å²) in [6, 6.07) is -0.528. The molecule has 0 spiro atoms. The summed E-state index contributed by atoms with van der Waals surface area (Å²) < 4.78 is 0. The average molecular weight is 243 g/mol. The molecule has 1 fully saturated rings. The molecule has 0 aromatic carbocycles. The quantitative estimate of drug-likeness (QED) is 0.223. The third-order valence-corrected chi connectivity index (χ3v) is 2.16. The number of carbonyl (C=O) groups is 2. The number of nitrogens with zero attached hydrogens (tertiary/aromatic N) is 1. The van der Waals surface area contributed by atoms with Gasteiger partial charge in [-0.2, -0.15) is 5.10 Å². The molecule has 0 bridgehead atoms. The number of hydrazone groups is 1. The van der Waals surface area contributed by atoms with Crippen molar-refractivity contribution >= 4 is 35.5 Å². The van der Waals surface area contributed by atoms with Crippen LogP contribution in [0, 0.1) is 0 Å². The molecule has 1 aliphatic heterocycles. The standard InChI is InChI=1S/C8H13N5O2S/c1-2-3-8(4-10-13-6(9)16)5(14)11-7(15)12-8/h4H,2-3H2,1H3,(H3,9,13,16)(H2,11,12,14,15)/b10-4-/t8-/m0/s1. The smallest absolute Gasteiger partial charge is 0.322 e. The fraction of sp³-hybridized carbons (Fsp3) is 0.500. The highest BCUT2D eigenvalue weighted by molar-refractivity contribution is 7.80. The second-order valence-electron chi connectivity index (χ2n) is 3.36. The minimum Gasteiger partial charge on any atom is -0.375 e. The summed E-state index contributed by atoms with van der Waals surface area (Å²) >= 11 is 4.55. The van der Waals surface area contributed by atoms with Crippen LogP contribution < -0.4 is 21.8 Å². The van der Waals surface area contributed by atoms with Crippen LogP contribution in [0.2, 0.25) is 0 Å². The van der Waals surface area contributed by atoms with E-state index in [4.69, 9.17) is 5.73 Å². The van der Waals surface area contributed by atoms with Gasteiger partial charge >= 0.3 is 6.03 Å². The molecule has 0 radical (unpaired) electrons. The Balaban J connectivity index is 2.81. The number of carbonyl (C=O) groups excluding carboxylic acids is 2. The van der Waals surface area contributed by atoms with Crippen molar-refractivity contribution in [2.75, 3.05) is 0 Å². The van der Waals surface area contributed by atoms with Gasteiger partial charge < -0.3 is 11.1 Å². The Morgan fingerprint density at radius 2 is 2.38 bits per heavy atom. The molecule has 5 N–H and O–H groups in total. The lowest BCUT2D eigenvalue weighted by molar-refractivity contribution is -0.121. The maximum absolute atomic E-state index is 11.6. The Bertz CT molecular complexity index is 356. The second kappa shape index (κ2) is 4.88. The number of nitrogens with two attached hydrogens (primary N) is 1. The summed E-state index contributed by atoms with van der Waals surface area (Å²) in [6.45, 7) is 1.90. The van der Waals surface area contributed by atoms with Gasteiger partial charge in [0.25, 0.3) is 5.91 Å². The second-order valence-corrected chi connectivity index (χ2v) is 3.80. The van der Waals surface area contributed by atoms with Crippen molar-refractivity contribution in [1.29, 1.82) is 0 Å². The number of rotatable bonds is 4. The molecular formula is C8H13N5O2S. The van der Waals surface area contributed by atoms with Gasteiger partial charge in [-0.1, -0.05) is 13.3 Å². The Morgan fingerprint density at radius 3 is 2.81 bits per heavy atom. The molecule has 1 rings (SSSR count). The first-order valence-corrected chi connectivity index (χ1v) is 5.14. The molecule has 0 unspecified atom stereocenters. The molecule has 0 aliphatic carbocycles. The Morgan fingerprint density at radius 1 is 1.69 bits per heavy atom. The zero-order valence-electron chi connectivity index (χ0n) is 8.74. The Kier molecular flexibility index (Phi) is 3.78. The van der Waals surface area contributed by atoms with Crippen molar-refractivity contribution < 1.29 is 9.59 Å². The molecule has 0 aromatic rings. The van der Waals surface area contributed by atoms with Crippen molar-refractivity contribution in [1.82, 2.24) is 16.1 Å². The van der Waals surface area contributed by atoms with Crippen LogP contribution in [0.25, 0.3) is 0 Å². The minimum absolute atomic E-state index is 0.00682. The van der Waals surface area contributed by atoms with Gasteiger partial charge in [0.2, 0.25) is 0 Å².